The zero-order valence-electron chi connectivity index (χ0n) is 12.1. The molecule has 0 atom stereocenters. The van der Waals surface area contributed by atoms with E-state index in [2.05, 4.69) is 5.32 Å². The van der Waals surface area contributed by atoms with Crippen molar-refractivity contribution in [3.8, 4) is 0 Å². The van der Waals surface area contributed by atoms with Crippen molar-refractivity contribution in [1.82, 2.24) is 5.32 Å². The number of esters is 1. The van der Waals surface area contributed by atoms with Crippen molar-refractivity contribution in [3.05, 3.63) is 70.2 Å². The van der Waals surface area contributed by atoms with Gasteiger partial charge < -0.3 is 10.1 Å². The van der Waals surface area contributed by atoms with Gasteiger partial charge in [-0.25, -0.2) is 0 Å². The number of carbonyl (C=O) groups is 2. The second-order valence-corrected chi connectivity index (χ2v) is 5.28. The maximum Gasteiger partial charge on any atom is 0.325 e. The van der Waals surface area contributed by atoms with Gasteiger partial charge in [0.25, 0.3) is 5.91 Å². The summed E-state index contributed by atoms with van der Waals surface area (Å²) in [4.78, 5) is 23.5. The van der Waals surface area contributed by atoms with Crippen LogP contribution < -0.4 is 5.32 Å². The van der Waals surface area contributed by atoms with Gasteiger partial charge in [0.1, 0.15) is 13.2 Å². The second kappa shape index (κ2) is 7.61. The fraction of sp³-hybridized carbons (Fsp3) is 0.176. The first-order chi connectivity index (χ1) is 10.5. The van der Waals surface area contributed by atoms with Crippen LogP contribution in [0.2, 0.25) is 5.02 Å². The van der Waals surface area contributed by atoms with E-state index >= 15 is 0 Å². The number of amides is 1. The molecule has 0 aromatic heterocycles. The maximum atomic E-state index is 11.8. The van der Waals surface area contributed by atoms with E-state index in [4.69, 9.17) is 16.3 Å². The van der Waals surface area contributed by atoms with Crippen molar-refractivity contribution >= 4 is 23.5 Å². The third-order valence-corrected chi connectivity index (χ3v) is 3.23. The third-order valence-electron chi connectivity index (χ3n) is 2.98. The SMILES string of the molecule is Cc1cccc(COC(=O)CNC(=O)c2ccc(Cl)cc2)c1. The Labute approximate surface area is 134 Å². The molecule has 2 aromatic carbocycles. The number of halogens is 1. The smallest absolute Gasteiger partial charge is 0.325 e. The summed E-state index contributed by atoms with van der Waals surface area (Å²) in [7, 11) is 0. The molecule has 0 bridgehead atoms. The van der Waals surface area contributed by atoms with Crippen LogP contribution in [0.3, 0.4) is 0 Å². The number of rotatable bonds is 5. The number of aryl methyl sites for hydroxylation is 1. The van der Waals surface area contributed by atoms with Crippen LogP contribution in [0.15, 0.2) is 48.5 Å². The highest BCUT2D eigenvalue weighted by atomic mass is 35.5. The standard InChI is InChI=1S/C17H16ClNO3/c1-12-3-2-4-13(9-12)11-22-16(20)10-19-17(21)14-5-7-15(18)8-6-14/h2-9H,10-11H2,1H3,(H,19,21). The third kappa shape index (κ3) is 4.90. The quantitative estimate of drug-likeness (QED) is 0.862. The van der Waals surface area contributed by atoms with Crippen molar-refractivity contribution in [2.24, 2.45) is 0 Å². The molecular formula is C17H16ClNO3. The first kappa shape index (κ1) is 16.0. The van der Waals surface area contributed by atoms with Crippen LogP contribution in [0.25, 0.3) is 0 Å². The second-order valence-electron chi connectivity index (χ2n) is 4.84. The van der Waals surface area contributed by atoms with Gasteiger partial charge in [0.2, 0.25) is 0 Å². The van der Waals surface area contributed by atoms with Gasteiger partial charge in [-0.2, -0.15) is 0 Å². The van der Waals surface area contributed by atoms with Crippen molar-refractivity contribution in [2.75, 3.05) is 6.54 Å². The Morgan fingerprint density at radius 1 is 1.14 bits per heavy atom. The molecule has 5 heteroatoms. The summed E-state index contributed by atoms with van der Waals surface area (Å²) in [6, 6.07) is 14.1. The first-order valence-corrected chi connectivity index (χ1v) is 7.17. The van der Waals surface area contributed by atoms with E-state index in [0.29, 0.717) is 10.6 Å². The lowest BCUT2D eigenvalue weighted by Gasteiger charge is -2.07. The Hall–Kier alpha value is -2.33. The van der Waals surface area contributed by atoms with Crippen molar-refractivity contribution in [3.63, 3.8) is 0 Å². The molecule has 0 spiro atoms. The lowest BCUT2D eigenvalue weighted by Crippen LogP contribution is -2.30. The molecule has 0 aliphatic heterocycles. The molecule has 0 unspecified atom stereocenters. The van der Waals surface area contributed by atoms with Gasteiger partial charge in [-0.15, -0.1) is 0 Å². The Balaban J connectivity index is 1.78. The molecular weight excluding hydrogens is 302 g/mol. The van der Waals surface area contributed by atoms with Gasteiger partial charge >= 0.3 is 5.97 Å². The number of ether oxygens (including phenoxy) is 1. The fourth-order valence-corrected chi connectivity index (χ4v) is 2.00. The maximum absolute atomic E-state index is 11.8. The summed E-state index contributed by atoms with van der Waals surface area (Å²) in [5, 5.41) is 3.06. The number of hydrogen-bond donors (Lipinski definition) is 1. The molecule has 2 rings (SSSR count). The molecule has 4 nitrogen and oxygen atoms in total. The van der Waals surface area contributed by atoms with Gasteiger partial charge in [-0.3, -0.25) is 9.59 Å². The van der Waals surface area contributed by atoms with Gasteiger partial charge in [0, 0.05) is 10.6 Å². The highest BCUT2D eigenvalue weighted by Crippen LogP contribution is 2.09. The van der Waals surface area contributed by atoms with Crippen LogP contribution in [0.1, 0.15) is 21.5 Å². The molecule has 0 aliphatic rings. The van der Waals surface area contributed by atoms with Gasteiger partial charge in [0.05, 0.1) is 0 Å². The van der Waals surface area contributed by atoms with E-state index < -0.39 is 5.97 Å². The average molecular weight is 318 g/mol. The number of hydrogen-bond acceptors (Lipinski definition) is 3. The largest absolute Gasteiger partial charge is 0.460 e. The molecule has 1 N–H and O–H groups in total. The highest BCUT2D eigenvalue weighted by Gasteiger charge is 2.09. The Kier molecular flexibility index (Phi) is 5.55. The molecule has 0 saturated carbocycles. The van der Waals surface area contributed by atoms with E-state index in [9.17, 15) is 9.59 Å². The Morgan fingerprint density at radius 3 is 2.55 bits per heavy atom. The summed E-state index contributed by atoms with van der Waals surface area (Å²) < 4.78 is 5.11. The summed E-state index contributed by atoms with van der Waals surface area (Å²) >= 11 is 5.75. The molecule has 0 radical (unpaired) electrons. The Bertz CT molecular complexity index is 668. The van der Waals surface area contributed by atoms with Gasteiger partial charge in [-0.05, 0) is 36.8 Å². The van der Waals surface area contributed by atoms with Gasteiger partial charge in [-0.1, -0.05) is 41.4 Å². The van der Waals surface area contributed by atoms with Crippen LogP contribution in [0, 0.1) is 6.92 Å². The molecule has 1 amide bonds. The zero-order chi connectivity index (χ0) is 15.9. The van der Waals surface area contributed by atoms with E-state index in [-0.39, 0.29) is 19.1 Å². The predicted octanol–water partition coefficient (Wildman–Crippen LogP) is 3.12. The minimum Gasteiger partial charge on any atom is -0.460 e. The summed E-state index contributed by atoms with van der Waals surface area (Å²) in [6.07, 6.45) is 0. The molecule has 0 fully saturated rings. The number of nitrogens with one attached hydrogen (secondary N) is 1. The van der Waals surface area contributed by atoms with Crippen LogP contribution in [-0.2, 0) is 16.1 Å². The summed E-state index contributed by atoms with van der Waals surface area (Å²) in [6.45, 7) is 1.99. The molecule has 2 aromatic rings. The minimum atomic E-state index is -0.483. The molecule has 0 heterocycles. The summed E-state index contributed by atoms with van der Waals surface area (Å²) in [5.41, 5.74) is 2.46. The van der Waals surface area contributed by atoms with Crippen LogP contribution in [0.4, 0.5) is 0 Å². The normalized spacial score (nSPS) is 10.1. The summed E-state index contributed by atoms with van der Waals surface area (Å²) in [5.74, 6) is -0.826. The van der Waals surface area contributed by atoms with Crippen molar-refractivity contribution < 1.29 is 14.3 Å². The molecule has 22 heavy (non-hydrogen) atoms. The van der Waals surface area contributed by atoms with Crippen LogP contribution in [-0.4, -0.2) is 18.4 Å². The van der Waals surface area contributed by atoms with E-state index in [1.807, 2.05) is 31.2 Å². The van der Waals surface area contributed by atoms with E-state index in [1.165, 1.54) is 0 Å². The number of benzene rings is 2. The van der Waals surface area contributed by atoms with Crippen molar-refractivity contribution in [1.29, 1.82) is 0 Å². The molecule has 0 saturated heterocycles. The lowest BCUT2D eigenvalue weighted by atomic mass is 10.1. The molecule has 114 valence electrons. The van der Waals surface area contributed by atoms with E-state index in [0.717, 1.165) is 11.1 Å². The first-order valence-electron chi connectivity index (χ1n) is 6.79. The van der Waals surface area contributed by atoms with Gasteiger partial charge in [0.15, 0.2) is 0 Å². The topological polar surface area (TPSA) is 55.4 Å². The van der Waals surface area contributed by atoms with Crippen LogP contribution >= 0.6 is 11.6 Å². The van der Waals surface area contributed by atoms with Crippen LogP contribution in [0.5, 0.6) is 0 Å². The number of carbonyl (C=O) groups excluding carboxylic acids is 2. The predicted molar refractivity (Wildman–Crippen MR) is 84.8 cm³/mol. The minimum absolute atomic E-state index is 0.173. The molecule has 0 aliphatic carbocycles. The average Bonchev–Trinajstić information content (AvgIpc) is 2.51. The monoisotopic (exact) mass is 317 g/mol. The highest BCUT2D eigenvalue weighted by molar-refractivity contribution is 6.30. The lowest BCUT2D eigenvalue weighted by molar-refractivity contribution is -0.143. The van der Waals surface area contributed by atoms with Crippen molar-refractivity contribution in [2.45, 2.75) is 13.5 Å². The Morgan fingerprint density at radius 2 is 1.86 bits per heavy atom. The zero-order valence-corrected chi connectivity index (χ0v) is 12.9. The van der Waals surface area contributed by atoms with E-state index in [1.54, 1.807) is 24.3 Å². The fourth-order valence-electron chi connectivity index (χ4n) is 1.87.